The fraction of sp³-hybridized carbons (Fsp3) is 0.600. The molecule has 1 aliphatic rings. The summed E-state index contributed by atoms with van der Waals surface area (Å²) < 4.78 is 11.4. The molecule has 4 heteroatoms. The molecular formula is C15H24N2O2. The Bertz CT molecular complexity index is 427. The van der Waals surface area contributed by atoms with Crippen LogP contribution in [0.25, 0.3) is 0 Å². The zero-order chi connectivity index (χ0) is 13.9. The molecule has 0 spiro atoms. The highest BCUT2D eigenvalue weighted by atomic mass is 16.5. The first-order chi connectivity index (χ1) is 8.99. The Hall–Kier alpha value is -1.26. The van der Waals surface area contributed by atoms with Crippen molar-refractivity contribution >= 4 is 0 Å². The summed E-state index contributed by atoms with van der Waals surface area (Å²) in [5.74, 6) is 1.67. The van der Waals surface area contributed by atoms with Gasteiger partial charge in [0, 0.05) is 18.0 Å². The predicted octanol–water partition coefficient (Wildman–Crippen LogP) is 2.24. The van der Waals surface area contributed by atoms with Crippen LogP contribution in [0.4, 0.5) is 0 Å². The fourth-order valence-electron chi connectivity index (χ4n) is 2.31. The maximum atomic E-state index is 6.12. The lowest BCUT2D eigenvalue weighted by Crippen LogP contribution is -2.36. The lowest BCUT2D eigenvalue weighted by atomic mass is 9.92. The first-order valence-corrected chi connectivity index (χ1v) is 6.85. The molecule has 1 atom stereocenters. The number of hydrogen-bond acceptors (Lipinski definition) is 4. The van der Waals surface area contributed by atoms with Gasteiger partial charge in [0.15, 0.2) is 11.5 Å². The Kier molecular flexibility index (Phi) is 4.32. The Morgan fingerprint density at radius 2 is 1.95 bits per heavy atom. The van der Waals surface area contributed by atoms with Crippen molar-refractivity contribution in [3.63, 3.8) is 0 Å². The van der Waals surface area contributed by atoms with Gasteiger partial charge in [-0.05, 0) is 45.0 Å². The minimum absolute atomic E-state index is 0.210. The third-order valence-corrected chi connectivity index (χ3v) is 3.25. The SMILES string of the molecule is CNC(CC(C)(C)N)c1ccc2c(c1)OCCCO2. The Labute approximate surface area is 115 Å². The van der Waals surface area contributed by atoms with Crippen LogP contribution in [0.1, 0.15) is 38.3 Å². The molecule has 1 heterocycles. The standard InChI is InChI=1S/C15H24N2O2/c1-15(2,16)10-12(17-3)11-5-6-13-14(9-11)19-8-4-7-18-13/h5-6,9,12,17H,4,7-8,10,16H2,1-3H3. The second kappa shape index (κ2) is 5.80. The van der Waals surface area contributed by atoms with Gasteiger partial charge in [0.1, 0.15) is 0 Å². The summed E-state index contributed by atoms with van der Waals surface area (Å²) in [6.07, 6.45) is 1.79. The van der Waals surface area contributed by atoms with Crippen LogP contribution < -0.4 is 20.5 Å². The molecule has 0 amide bonds. The lowest BCUT2D eigenvalue weighted by Gasteiger charge is -2.26. The van der Waals surface area contributed by atoms with E-state index in [-0.39, 0.29) is 11.6 Å². The third kappa shape index (κ3) is 3.85. The molecule has 4 nitrogen and oxygen atoms in total. The van der Waals surface area contributed by atoms with Gasteiger partial charge in [0.25, 0.3) is 0 Å². The molecule has 0 aliphatic carbocycles. The molecule has 0 saturated heterocycles. The van der Waals surface area contributed by atoms with E-state index in [1.54, 1.807) is 0 Å². The monoisotopic (exact) mass is 264 g/mol. The second-order valence-corrected chi connectivity index (χ2v) is 5.79. The maximum absolute atomic E-state index is 6.12. The van der Waals surface area contributed by atoms with E-state index in [9.17, 15) is 0 Å². The molecule has 0 saturated carbocycles. The van der Waals surface area contributed by atoms with Gasteiger partial charge in [-0.1, -0.05) is 6.07 Å². The zero-order valence-corrected chi connectivity index (χ0v) is 12.0. The molecule has 1 aromatic carbocycles. The second-order valence-electron chi connectivity index (χ2n) is 5.79. The van der Waals surface area contributed by atoms with Crippen molar-refractivity contribution < 1.29 is 9.47 Å². The number of ether oxygens (including phenoxy) is 2. The third-order valence-electron chi connectivity index (χ3n) is 3.25. The number of nitrogens with two attached hydrogens (primary N) is 1. The number of fused-ring (bicyclic) bond motifs is 1. The van der Waals surface area contributed by atoms with Crippen LogP contribution in [0, 0.1) is 0 Å². The number of nitrogens with one attached hydrogen (secondary N) is 1. The van der Waals surface area contributed by atoms with E-state index in [2.05, 4.69) is 17.4 Å². The minimum atomic E-state index is -0.210. The largest absolute Gasteiger partial charge is 0.490 e. The van der Waals surface area contributed by atoms with Gasteiger partial charge >= 0.3 is 0 Å². The number of rotatable bonds is 4. The van der Waals surface area contributed by atoms with Crippen molar-refractivity contribution in [1.29, 1.82) is 0 Å². The molecule has 0 radical (unpaired) electrons. The van der Waals surface area contributed by atoms with Crippen molar-refractivity contribution in [1.82, 2.24) is 5.32 Å². The first kappa shape index (κ1) is 14.2. The Morgan fingerprint density at radius 1 is 1.26 bits per heavy atom. The molecule has 3 N–H and O–H groups in total. The van der Waals surface area contributed by atoms with E-state index in [1.807, 2.05) is 27.0 Å². The topological polar surface area (TPSA) is 56.5 Å². The number of benzene rings is 1. The smallest absolute Gasteiger partial charge is 0.161 e. The van der Waals surface area contributed by atoms with Crippen molar-refractivity contribution in [3.8, 4) is 11.5 Å². The van der Waals surface area contributed by atoms with Crippen molar-refractivity contribution in [2.45, 2.75) is 38.3 Å². The van der Waals surface area contributed by atoms with E-state index < -0.39 is 0 Å². The average Bonchev–Trinajstić information content (AvgIpc) is 2.59. The molecule has 1 unspecified atom stereocenters. The van der Waals surface area contributed by atoms with Gasteiger partial charge in [0.2, 0.25) is 0 Å². The van der Waals surface area contributed by atoms with Gasteiger partial charge in [0.05, 0.1) is 13.2 Å². The zero-order valence-electron chi connectivity index (χ0n) is 12.0. The molecule has 0 fully saturated rings. The normalized spacial score (nSPS) is 16.8. The summed E-state index contributed by atoms with van der Waals surface area (Å²) in [6.45, 7) is 5.52. The summed E-state index contributed by atoms with van der Waals surface area (Å²) in [5, 5.41) is 3.32. The summed E-state index contributed by atoms with van der Waals surface area (Å²) >= 11 is 0. The highest BCUT2D eigenvalue weighted by Gasteiger charge is 2.21. The van der Waals surface area contributed by atoms with E-state index in [1.165, 1.54) is 5.56 Å². The Balaban J connectivity index is 2.21. The molecule has 106 valence electrons. The minimum Gasteiger partial charge on any atom is -0.490 e. The van der Waals surface area contributed by atoms with E-state index in [0.29, 0.717) is 6.61 Å². The fourth-order valence-corrected chi connectivity index (χ4v) is 2.31. The van der Waals surface area contributed by atoms with Crippen LogP contribution in [0.15, 0.2) is 18.2 Å². The number of hydrogen-bond donors (Lipinski definition) is 2. The van der Waals surface area contributed by atoms with Crippen LogP contribution in [0.5, 0.6) is 11.5 Å². The Morgan fingerprint density at radius 3 is 2.58 bits per heavy atom. The van der Waals surface area contributed by atoms with Crippen LogP contribution in [0.3, 0.4) is 0 Å². The molecule has 1 aromatic rings. The quantitative estimate of drug-likeness (QED) is 0.875. The van der Waals surface area contributed by atoms with Crippen LogP contribution in [0.2, 0.25) is 0 Å². The maximum Gasteiger partial charge on any atom is 0.161 e. The van der Waals surface area contributed by atoms with Crippen LogP contribution in [-0.2, 0) is 0 Å². The molecule has 1 aliphatic heterocycles. The molecule has 0 aromatic heterocycles. The summed E-state index contributed by atoms with van der Waals surface area (Å²) in [6, 6.07) is 6.36. The molecule has 0 bridgehead atoms. The average molecular weight is 264 g/mol. The van der Waals surface area contributed by atoms with Gasteiger partial charge in [-0.3, -0.25) is 0 Å². The van der Waals surface area contributed by atoms with Crippen molar-refractivity contribution in [3.05, 3.63) is 23.8 Å². The molecule has 2 rings (SSSR count). The van der Waals surface area contributed by atoms with Crippen LogP contribution in [-0.4, -0.2) is 25.8 Å². The molecular weight excluding hydrogens is 240 g/mol. The highest BCUT2D eigenvalue weighted by molar-refractivity contribution is 5.44. The summed E-state index contributed by atoms with van der Waals surface area (Å²) in [7, 11) is 1.96. The van der Waals surface area contributed by atoms with Gasteiger partial charge in [-0.2, -0.15) is 0 Å². The highest BCUT2D eigenvalue weighted by Crippen LogP contribution is 2.33. The van der Waals surface area contributed by atoms with E-state index >= 15 is 0 Å². The molecule has 19 heavy (non-hydrogen) atoms. The van der Waals surface area contributed by atoms with Crippen LogP contribution >= 0.6 is 0 Å². The van der Waals surface area contributed by atoms with Crippen molar-refractivity contribution in [2.75, 3.05) is 20.3 Å². The summed E-state index contributed by atoms with van der Waals surface area (Å²) in [4.78, 5) is 0. The first-order valence-electron chi connectivity index (χ1n) is 6.85. The predicted molar refractivity (Wildman–Crippen MR) is 76.7 cm³/mol. The van der Waals surface area contributed by atoms with Crippen molar-refractivity contribution in [2.24, 2.45) is 5.73 Å². The van der Waals surface area contributed by atoms with E-state index in [0.717, 1.165) is 30.9 Å². The van der Waals surface area contributed by atoms with Gasteiger partial charge in [-0.25, -0.2) is 0 Å². The summed E-state index contributed by atoms with van der Waals surface area (Å²) in [5.41, 5.74) is 7.09. The lowest BCUT2D eigenvalue weighted by molar-refractivity contribution is 0.296. The van der Waals surface area contributed by atoms with Gasteiger partial charge < -0.3 is 20.5 Å². The van der Waals surface area contributed by atoms with E-state index in [4.69, 9.17) is 15.2 Å². The van der Waals surface area contributed by atoms with Gasteiger partial charge in [-0.15, -0.1) is 0 Å².